The van der Waals surface area contributed by atoms with Gasteiger partial charge in [-0.05, 0) is 11.6 Å². The van der Waals surface area contributed by atoms with Crippen LogP contribution in [0.4, 0.5) is 13.2 Å². The molecule has 0 radical (unpaired) electrons. The third kappa shape index (κ3) is 1.82. The Morgan fingerprint density at radius 2 is 1.75 bits per heavy atom. The highest BCUT2D eigenvalue weighted by Crippen LogP contribution is 2.30. The van der Waals surface area contributed by atoms with Crippen molar-refractivity contribution in [3.05, 3.63) is 35.4 Å². The van der Waals surface area contributed by atoms with Crippen molar-refractivity contribution in [2.45, 2.75) is 6.18 Å². The highest BCUT2D eigenvalue weighted by atomic mass is 32.1. The van der Waals surface area contributed by atoms with Gasteiger partial charge in [-0.2, -0.15) is 13.2 Å². The molecule has 1 aromatic carbocycles. The summed E-state index contributed by atoms with van der Waals surface area (Å²) < 4.78 is 36.5. The molecule has 1 rings (SSSR count). The van der Waals surface area contributed by atoms with Crippen LogP contribution in [-0.4, -0.2) is 5.37 Å². The number of hydrogen-bond acceptors (Lipinski definition) is 1. The first-order valence-corrected chi connectivity index (χ1v) is 3.64. The van der Waals surface area contributed by atoms with Crippen LogP contribution in [0, 0.1) is 0 Å². The summed E-state index contributed by atoms with van der Waals surface area (Å²) in [4.78, 5) is 0. The minimum Gasteiger partial charge on any atom is -0.166 e. The van der Waals surface area contributed by atoms with E-state index in [1.54, 1.807) is 0 Å². The van der Waals surface area contributed by atoms with Crippen molar-refractivity contribution in [1.29, 1.82) is 0 Å². The Bertz CT molecular complexity index is 291. The van der Waals surface area contributed by atoms with Crippen LogP contribution in [0.25, 0.3) is 0 Å². The summed E-state index contributed by atoms with van der Waals surface area (Å²) in [7, 11) is 0. The monoisotopic (exact) mass is 190 g/mol. The van der Waals surface area contributed by atoms with Crippen molar-refractivity contribution in [2.75, 3.05) is 0 Å². The third-order valence-corrected chi connectivity index (χ3v) is 1.65. The molecule has 0 aliphatic rings. The van der Waals surface area contributed by atoms with E-state index < -0.39 is 11.7 Å². The standard InChI is InChI=1S/C8H5F3S/c9-8(10,11)7-4-2-1-3-6(7)5-12/h1-5H. The van der Waals surface area contributed by atoms with E-state index in [9.17, 15) is 13.2 Å². The summed E-state index contributed by atoms with van der Waals surface area (Å²) in [6, 6.07) is 5.21. The molecule has 1 aromatic rings. The molecule has 64 valence electrons. The first kappa shape index (κ1) is 9.19. The van der Waals surface area contributed by atoms with Crippen LogP contribution in [-0.2, 0) is 6.18 Å². The van der Waals surface area contributed by atoms with E-state index in [1.165, 1.54) is 18.2 Å². The van der Waals surface area contributed by atoms with E-state index in [4.69, 9.17) is 0 Å². The minimum absolute atomic E-state index is 0.0417. The van der Waals surface area contributed by atoms with Gasteiger partial charge in [-0.1, -0.05) is 30.4 Å². The largest absolute Gasteiger partial charge is 0.417 e. The molecule has 0 spiro atoms. The molecule has 0 unspecified atom stereocenters. The van der Waals surface area contributed by atoms with E-state index in [0.29, 0.717) is 0 Å². The molecule has 0 N–H and O–H groups in total. The lowest BCUT2D eigenvalue weighted by molar-refractivity contribution is -0.137. The number of thiocarbonyl (C=S) groups is 1. The Hall–Kier alpha value is -0.900. The maximum absolute atomic E-state index is 12.2. The van der Waals surface area contributed by atoms with Gasteiger partial charge in [-0.3, -0.25) is 0 Å². The number of benzene rings is 1. The molecule has 12 heavy (non-hydrogen) atoms. The van der Waals surface area contributed by atoms with Crippen LogP contribution < -0.4 is 0 Å². The summed E-state index contributed by atoms with van der Waals surface area (Å²) >= 11 is 4.45. The summed E-state index contributed by atoms with van der Waals surface area (Å²) in [5.41, 5.74) is -0.639. The van der Waals surface area contributed by atoms with Gasteiger partial charge in [0.1, 0.15) is 0 Å². The quantitative estimate of drug-likeness (QED) is 0.613. The molecule has 0 amide bonds. The van der Waals surface area contributed by atoms with Gasteiger partial charge in [0.15, 0.2) is 0 Å². The average Bonchev–Trinajstić information content (AvgIpc) is 2.03. The van der Waals surface area contributed by atoms with Crippen molar-refractivity contribution >= 4 is 17.6 Å². The summed E-state index contributed by atoms with van der Waals surface area (Å²) in [5.74, 6) is 0. The normalized spacial score (nSPS) is 11.2. The Morgan fingerprint density at radius 3 is 2.17 bits per heavy atom. The minimum atomic E-state index is -4.31. The maximum Gasteiger partial charge on any atom is 0.417 e. The Labute approximate surface area is 73.0 Å². The van der Waals surface area contributed by atoms with Gasteiger partial charge < -0.3 is 0 Å². The molecule has 0 aliphatic heterocycles. The van der Waals surface area contributed by atoms with Crippen molar-refractivity contribution < 1.29 is 13.2 Å². The molecule has 0 saturated heterocycles. The van der Waals surface area contributed by atoms with Gasteiger partial charge in [0.2, 0.25) is 0 Å². The van der Waals surface area contributed by atoms with Crippen molar-refractivity contribution in [3.8, 4) is 0 Å². The molecule has 0 aromatic heterocycles. The molecule has 0 fully saturated rings. The Morgan fingerprint density at radius 1 is 1.17 bits per heavy atom. The first-order valence-electron chi connectivity index (χ1n) is 3.17. The van der Waals surface area contributed by atoms with Crippen LogP contribution in [0.2, 0.25) is 0 Å². The molecule has 4 heteroatoms. The van der Waals surface area contributed by atoms with E-state index >= 15 is 0 Å². The highest BCUT2D eigenvalue weighted by Gasteiger charge is 2.32. The average molecular weight is 190 g/mol. The van der Waals surface area contributed by atoms with Crippen LogP contribution in [0.1, 0.15) is 11.1 Å². The fourth-order valence-electron chi connectivity index (χ4n) is 0.858. The number of rotatable bonds is 1. The van der Waals surface area contributed by atoms with E-state index in [1.807, 2.05) is 0 Å². The van der Waals surface area contributed by atoms with Crippen LogP contribution >= 0.6 is 12.2 Å². The van der Waals surface area contributed by atoms with Gasteiger partial charge in [0, 0.05) is 5.37 Å². The summed E-state index contributed by atoms with van der Waals surface area (Å²) in [6.45, 7) is 0. The fraction of sp³-hybridized carbons (Fsp3) is 0.125. The van der Waals surface area contributed by atoms with Crippen LogP contribution in [0.15, 0.2) is 24.3 Å². The van der Waals surface area contributed by atoms with Crippen molar-refractivity contribution in [1.82, 2.24) is 0 Å². The third-order valence-electron chi connectivity index (χ3n) is 1.39. The number of alkyl halides is 3. The Balaban J connectivity index is 3.23. The second-order valence-corrected chi connectivity index (χ2v) is 2.44. The molecule has 0 nitrogen and oxygen atoms in total. The number of halogens is 3. The predicted molar refractivity (Wildman–Crippen MR) is 44.2 cm³/mol. The van der Waals surface area contributed by atoms with Crippen LogP contribution in [0.3, 0.4) is 0 Å². The molecule has 0 atom stereocenters. The maximum atomic E-state index is 12.2. The fourth-order valence-corrected chi connectivity index (χ4v) is 1.06. The zero-order valence-electron chi connectivity index (χ0n) is 5.93. The van der Waals surface area contributed by atoms with Crippen molar-refractivity contribution in [2.24, 2.45) is 0 Å². The summed E-state index contributed by atoms with van der Waals surface area (Å²) in [5, 5.41) is 1.03. The summed E-state index contributed by atoms with van der Waals surface area (Å²) in [6.07, 6.45) is -4.31. The van der Waals surface area contributed by atoms with Gasteiger partial charge in [0.05, 0.1) is 5.56 Å². The second-order valence-electron chi connectivity index (χ2n) is 2.20. The molecule has 0 bridgehead atoms. The van der Waals surface area contributed by atoms with Crippen LogP contribution in [0.5, 0.6) is 0 Å². The van der Waals surface area contributed by atoms with Gasteiger partial charge >= 0.3 is 6.18 Å². The number of hydrogen-bond donors (Lipinski definition) is 0. The zero-order chi connectivity index (χ0) is 9.19. The van der Waals surface area contributed by atoms with E-state index in [-0.39, 0.29) is 5.56 Å². The van der Waals surface area contributed by atoms with E-state index in [0.717, 1.165) is 11.4 Å². The SMILES string of the molecule is FC(F)(F)c1ccccc1C=S. The lowest BCUT2D eigenvalue weighted by Crippen LogP contribution is -2.07. The highest BCUT2D eigenvalue weighted by molar-refractivity contribution is 7.79. The molecule has 0 heterocycles. The zero-order valence-corrected chi connectivity index (χ0v) is 6.75. The van der Waals surface area contributed by atoms with E-state index in [2.05, 4.69) is 12.2 Å². The van der Waals surface area contributed by atoms with Gasteiger partial charge in [0.25, 0.3) is 0 Å². The smallest absolute Gasteiger partial charge is 0.166 e. The second kappa shape index (κ2) is 3.23. The lowest BCUT2D eigenvalue weighted by atomic mass is 10.1. The van der Waals surface area contributed by atoms with Crippen molar-refractivity contribution in [3.63, 3.8) is 0 Å². The molecular weight excluding hydrogens is 185 g/mol. The topological polar surface area (TPSA) is 0 Å². The first-order chi connectivity index (χ1) is 5.55. The molecule has 0 saturated carbocycles. The Kier molecular flexibility index (Phi) is 2.47. The van der Waals surface area contributed by atoms with Gasteiger partial charge in [-0.15, -0.1) is 0 Å². The predicted octanol–water partition coefficient (Wildman–Crippen LogP) is 3.05. The molecular formula is C8H5F3S. The molecule has 0 aliphatic carbocycles. The van der Waals surface area contributed by atoms with Gasteiger partial charge in [-0.25, -0.2) is 0 Å². The lowest BCUT2D eigenvalue weighted by Gasteiger charge is -2.08.